The third kappa shape index (κ3) is 6.91. The number of aromatic nitrogens is 1. The average Bonchev–Trinajstić information content (AvgIpc) is 3.23. The minimum absolute atomic E-state index is 0. The van der Waals surface area contributed by atoms with Gasteiger partial charge in [0.1, 0.15) is 5.76 Å². The topological polar surface area (TPSA) is 63.3 Å². The summed E-state index contributed by atoms with van der Waals surface area (Å²) in [5.41, 5.74) is 8.30. The van der Waals surface area contributed by atoms with E-state index in [-0.39, 0.29) is 31.6 Å². The van der Waals surface area contributed by atoms with Gasteiger partial charge in [0.05, 0.1) is 12.0 Å². The Kier molecular flexibility index (Phi) is 9.35. The molecule has 2 heterocycles. The number of hydrogen-bond donors (Lipinski definition) is 1. The van der Waals surface area contributed by atoms with E-state index in [2.05, 4.69) is 79.5 Å². The van der Waals surface area contributed by atoms with Crippen molar-refractivity contribution in [3.63, 3.8) is 0 Å². The number of carbonyl (C=O) groups excluding carboxylic acids is 1. The Labute approximate surface area is 231 Å². The first-order valence-corrected chi connectivity index (χ1v) is 11.7. The van der Waals surface area contributed by atoms with E-state index in [0.29, 0.717) is 0 Å². The van der Waals surface area contributed by atoms with Gasteiger partial charge in [0, 0.05) is 42.7 Å². The molecule has 4 nitrogen and oxygen atoms in total. The number of benzene rings is 3. The van der Waals surface area contributed by atoms with Crippen molar-refractivity contribution >= 4 is 16.8 Å². The number of aryl methyl sites for hydroxylation is 2. The summed E-state index contributed by atoms with van der Waals surface area (Å²) in [5.74, 6) is 0.808. The van der Waals surface area contributed by atoms with Gasteiger partial charge in [-0.1, -0.05) is 80.6 Å². The molecule has 0 aliphatic heterocycles. The van der Waals surface area contributed by atoms with Crippen LogP contribution in [0.25, 0.3) is 44.7 Å². The molecule has 0 saturated carbocycles. The normalized spacial score (nSPS) is 10.9. The number of carbonyl (C=O) groups is 1. The molecule has 2 aromatic heterocycles. The number of aliphatic hydroxyl groups excluding tert-OH is 1. The minimum atomic E-state index is -0.125. The Morgan fingerprint density at radius 2 is 1.54 bits per heavy atom. The van der Waals surface area contributed by atoms with E-state index in [1.165, 1.54) is 25.5 Å². The third-order valence-corrected chi connectivity index (χ3v) is 5.51. The molecule has 0 amide bonds. The van der Waals surface area contributed by atoms with Crippen molar-refractivity contribution in [2.24, 2.45) is 0 Å². The van der Waals surface area contributed by atoms with Crippen LogP contribution in [0.4, 0.5) is 0 Å². The molecule has 0 spiro atoms. The number of fused-ring (bicyclic) bond motifs is 1. The maximum Gasteiger partial charge on any atom is 0.155 e. The molecule has 189 valence electrons. The smallest absolute Gasteiger partial charge is 0.155 e. The fraction of sp³-hybridized carbons (Fsp3) is 0.125. The Morgan fingerprint density at radius 1 is 0.919 bits per heavy atom. The fourth-order valence-electron chi connectivity index (χ4n) is 4.16. The summed E-state index contributed by atoms with van der Waals surface area (Å²) in [6.45, 7) is 7.01. The van der Waals surface area contributed by atoms with Gasteiger partial charge in [0.25, 0.3) is 0 Å². The van der Waals surface area contributed by atoms with Gasteiger partial charge in [0.2, 0.25) is 0 Å². The molecule has 0 aliphatic rings. The monoisotopic (exact) mass is 667 g/mol. The fourth-order valence-corrected chi connectivity index (χ4v) is 4.16. The van der Waals surface area contributed by atoms with E-state index < -0.39 is 0 Å². The summed E-state index contributed by atoms with van der Waals surface area (Å²) < 4.78 is 6.31. The Hall–Kier alpha value is -3.79. The van der Waals surface area contributed by atoms with Crippen LogP contribution in [0.3, 0.4) is 0 Å². The van der Waals surface area contributed by atoms with E-state index in [0.717, 1.165) is 50.2 Å². The molecule has 1 N–H and O–H groups in total. The third-order valence-electron chi connectivity index (χ3n) is 5.51. The van der Waals surface area contributed by atoms with Crippen molar-refractivity contribution in [1.82, 2.24) is 4.98 Å². The number of pyridine rings is 1. The SMILES string of the molecule is CC(=O)/C=C(/C)O.Cc1[c-]c(-c2cc3c(-c4ccccc4)c(-c4ccccc4)oc3cn2)cc(C)c1.[Ir]. The van der Waals surface area contributed by atoms with Crippen LogP contribution in [-0.2, 0) is 24.9 Å². The first-order valence-electron chi connectivity index (χ1n) is 11.7. The van der Waals surface area contributed by atoms with E-state index in [1.54, 1.807) is 0 Å². The number of allylic oxidation sites excluding steroid dienone is 2. The average molecular weight is 667 g/mol. The second-order valence-corrected chi connectivity index (χ2v) is 8.75. The first-order chi connectivity index (χ1) is 17.3. The molecular formula is C32H28IrNO3-. The number of rotatable bonds is 4. The van der Waals surface area contributed by atoms with Crippen LogP contribution < -0.4 is 0 Å². The van der Waals surface area contributed by atoms with Gasteiger partial charge in [-0.05, 0) is 25.1 Å². The zero-order valence-corrected chi connectivity index (χ0v) is 23.6. The number of hydrogen-bond acceptors (Lipinski definition) is 4. The quantitative estimate of drug-likeness (QED) is 0.119. The van der Waals surface area contributed by atoms with Gasteiger partial charge < -0.3 is 14.5 Å². The van der Waals surface area contributed by atoms with Crippen molar-refractivity contribution in [3.8, 4) is 33.7 Å². The Morgan fingerprint density at radius 3 is 2.08 bits per heavy atom. The summed E-state index contributed by atoms with van der Waals surface area (Å²) in [6.07, 6.45) is 3.00. The van der Waals surface area contributed by atoms with Crippen LogP contribution in [0, 0.1) is 19.9 Å². The van der Waals surface area contributed by atoms with E-state index in [4.69, 9.17) is 9.52 Å². The van der Waals surface area contributed by atoms with Crippen molar-refractivity contribution < 1.29 is 34.4 Å². The van der Waals surface area contributed by atoms with Gasteiger partial charge in [-0.25, -0.2) is 0 Å². The van der Waals surface area contributed by atoms with Crippen LogP contribution in [0.5, 0.6) is 0 Å². The van der Waals surface area contributed by atoms with Gasteiger partial charge in [-0.15, -0.1) is 34.9 Å². The molecule has 0 saturated heterocycles. The molecule has 37 heavy (non-hydrogen) atoms. The summed E-state index contributed by atoms with van der Waals surface area (Å²) in [6, 6.07) is 30.5. The predicted octanol–water partition coefficient (Wildman–Crippen LogP) is 8.28. The summed E-state index contributed by atoms with van der Waals surface area (Å²) in [5, 5.41) is 9.43. The molecule has 1 radical (unpaired) electrons. The van der Waals surface area contributed by atoms with E-state index >= 15 is 0 Å². The van der Waals surface area contributed by atoms with Crippen LogP contribution in [0.1, 0.15) is 25.0 Å². The zero-order valence-electron chi connectivity index (χ0n) is 21.2. The van der Waals surface area contributed by atoms with Gasteiger partial charge in [0.15, 0.2) is 11.4 Å². The van der Waals surface area contributed by atoms with Crippen LogP contribution in [0.2, 0.25) is 0 Å². The molecule has 0 fully saturated rings. The second kappa shape index (κ2) is 12.4. The standard InChI is InChI=1S/C27H20NO.C5H8O2.Ir/c1-18-13-19(2)15-22(14-18)24-16-23-25(17-28-24)29-27(21-11-7-4-8-12-21)26(23)20-9-5-3-6-10-20;1-4(6)3-5(2)7;/h3-14,16-17H,1-2H3;3,6H,1-2H3;/q-1;;/b;4-3-;. The first kappa shape index (κ1) is 27.8. The number of aliphatic hydroxyl groups is 1. The van der Waals surface area contributed by atoms with Crippen molar-refractivity contribution in [1.29, 1.82) is 0 Å². The molecule has 5 aromatic rings. The number of furan rings is 1. The predicted molar refractivity (Wildman–Crippen MR) is 146 cm³/mol. The number of nitrogens with zero attached hydrogens (tertiary/aromatic N) is 1. The summed E-state index contributed by atoms with van der Waals surface area (Å²) in [7, 11) is 0. The largest absolute Gasteiger partial charge is 0.512 e. The van der Waals surface area contributed by atoms with Crippen molar-refractivity contribution in [2.45, 2.75) is 27.7 Å². The molecule has 0 unspecified atom stereocenters. The van der Waals surface area contributed by atoms with Gasteiger partial charge >= 0.3 is 0 Å². The maximum atomic E-state index is 10.0. The molecular weight excluding hydrogens is 639 g/mol. The Balaban J connectivity index is 0.000000422. The van der Waals surface area contributed by atoms with Crippen molar-refractivity contribution in [3.05, 3.63) is 114 Å². The van der Waals surface area contributed by atoms with Crippen LogP contribution in [-0.4, -0.2) is 15.9 Å². The van der Waals surface area contributed by atoms with Gasteiger partial charge in [-0.2, -0.15) is 0 Å². The van der Waals surface area contributed by atoms with Crippen LogP contribution in [0.15, 0.2) is 101 Å². The molecule has 0 bridgehead atoms. The van der Waals surface area contributed by atoms with Gasteiger partial charge in [-0.3, -0.25) is 4.79 Å². The zero-order chi connectivity index (χ0) is 25.7. The van der Waals surface area contributed by atoms with Crippen molar-refractivity contribution in [2.75, 3.05) is 0 Å². The molecule has 5 heteroatoms. The summed E-state index contributed by atoms with van der Waals surface area (Å²) >= 11 is 0. The Bertz CT molecular complexity index is 1510. The minimum Gasteiger partial charge on any atom is -0.512 e. The molecule has 0 atom stereocenters. The van der Waals surface area contributed by atoms with Crippen LogP contribution >= 0.6 is 0 Å². The van der Waals surface area contributed by atoms with E-state index in [9.17, 15) is 4.79 Å². The molecule has 3 aromatic carbocycles. The summed E-state index contributed by atoms with van der Waals surface area (Å²) in [4.78, 5) is 14.7. The second-order valence-electron chi connectivity index (χ2n) is 8.75. The maximum absolute atomic E-state index is 10.0. The number of ketones is 1. The molecule has 5 rings (SSSR count). The van der Waals surface area contributed by atoms with E-state index in [1.807, 2.05) is 30.5 Å². The molecule has 0 aliphatic carbocycles.